The Labute approximate surface area is 423 Å². The molecule has 0 saturated carbocycles. The zero-order valence-corrected chi connectivity index (χ0v) is 40.2. The first-order chi connectivity index (χ1) is 36.0. The van der Waals surface area contributed by atoms with E-state index in [1.165, 1.54) is 54.7 Å². The third-order valence-corrected chi connectivity index (χ3v) is 14.8. The molecule has 0 radical (unpaired) electrons. The Morgan fingerprint density at radius 1 is 0.356 bits per heavy atom. The Hall–Kier alpha value is -9.64. The molecule has 3 aromatic heterocycles. The van der Waals surface area contributed by atoms with Gasteiger partial charge in [0.15, 0.2) is 0 Å². The van der Waals surface area contributed by atoms with Crippen LogP contribution in [0.25, 0.3) is 116 Å². The number of nitrogens with zero attached hydrogens (tertiary/aromatic N) is 3. The largest absolute Gasteiger partial charge is 0.455 e. The molecule has 0 aliphatic rings. The molecule has 0 aliphatic carbocycles. The minimum Gasteiger partial charge on any atom is -0.455 e. The zero-order valence-electron chi connectivity index (χ0n) is 40.2. The lowest BCUT2D eigenvalue weighted by molar-refractivity contribution is 0.670. The van der Waals surface area contributed by atoms with Gasteiger partial charge in [-0.25, -0.2) is 0 Å². The van der Waals surface area contributed by atoms with Gasteiger partial charge in [-0.3, -0.25) is 0 Å². The molecule has 0 amide bonds. The molecule has 3 heterocycles. The van der Waals surface area contributed by atoms with E-state index in [0.717, 1.165) is 83.8 Å². The van der Waals surface area contributed by atoms with Crippen molar-refractivity contribution >= 4 is 88.2 Å². The highest BCUT2D eigenvalue weighted by molar-refractivity contribution is 6.12. The van der Waals surface area contributed by atoms with Gasteiger partial charge in [-0.1, -0.05) is 170 Å². The van der Waals surface area contributed by atoms with Crippen LogP contribution in [-0.2, 0) is 0 Å². The molecule has 0 aliphatic heterocycles. The summed E-state index contributed by atoms with van der Waals surface area (Å²) in [6.45, 7) is 6.19. The topological polar surface area (TPSA) is 26.2 Å². The van der Waals surface area contributed by atoms with Gasteiger partial charge in [-0.05, 0) is 137 Å². The average Bonchev–Trinajstić information content (AvgIpc) is 4.12. The molecule has 14 rings (SSSR count). The fourth-order valence-electron chi connectivity index (χ4n) is 11.1. The van der Waals surface area contributed by atoms with E-state index in [-0.39, 0.29) is 0 Å². The van der Waals surface area contributed by atoms with Gasteiger partial charge in [0.1, 0.15) is 11.2 Å². The van der Waals surface area contributed by atoms with Gasteiger partial charge in [-0.15, -0.1) is 0 Å². The molecular formula is C69H47N3O. The molecule has 0 bridgehead atoms. The van der Waals surface area contributed by atoms with Crippen molar-refractivity contribution in [2.75, 3.05) is 4.90 Å². The molecule has 0 saturated heterocycles. The van der Waals surface area contributed by atoms with Crippen molar-refractivity contribution in [3.63, 3.8) is 0 Å². The Morgan fingerprint density at radius 2 is 0.767 bits per heavy atom. The van der Waals surface area contributed by atoms with Crippen LogP contribution in [0, 0.1) is 0 Å². The first kappa shape index (κ1) is 42.3. The number of hydrogen-bond donors (Lipinski definition) is 0. The Kier molecular flexibility index (Phi) is 9.87. The van der Waals surface area contributed by atoms with Crippen LogP contribution in [0.4, 0.5) is 17.1 Å². The number of anilines is 3. The summed E-state index contributed by atoms with van der Waals surface area (Å²) in [7, 11) is 0. The summed E-state index contributed by atoms with van der Waals surface area (Å²) in [5, 5.41) is 7.23. The number of benzene rings is 11. The molecule has 0 fully saturated rings. The molecular weight excluding hydrogens is 887 g/mol. The molecule has 0 N–H and O–H groups in total. The molecule has 11 aromatic carbocycles. The van der Waals surface area contributed by atoms with Crippen LogP contribution in [0.5, 0.6) is 0 Å². The summed E-state index contributed by atoms with van der Waals surface area (Å²) in [6.07, 6.45) is 0. The smallest absolute Gasteiger partial charge is 0.143 e. The van der Waals surface area contributed by atoms with Crippen LogP contribution in [0.15, 0.2) is 266 Å². The van der Waals surface area contributed by atoms with E-state index in [4.69, 9.17) is 4.42 Å². The van der Waals surface area contributed by atoms with Crippen molar-refractivity contribution in [1.29, 1.82) is 0 Å². The second kappa shape index (κ2) is 17.0. The van der Waals surface area contributed by atoms with Crippen molar-refractivity contribution in [2.24, 2.45) is 0 Å². The Morgan fingerprint density at radius 3 is 1.33 bits per heavy atom. The standard InChI is InChI=1S/C69H47N3O/c1-45(2)46-26-33-55(34-27-46)72-66-20-9-5-14-60(66)63-44-51(32-43-67(63)72)49-24-22-47(23-25-49)48-28-35-52(36-29-48)70(53-37-30-50(31-38-53)57-16-11-17-62-61-15-6-10-21-68(61)73-69(57)62)54-39-41-56(42-40-54)71-64-18-7-3-12-58(64)59-13-4-8-19-65(59)71/h3-44H,1H2,2H3. The van der Waals surface area contributed by atoms with E-state index in [0.29, 0.717) is 0 Å². The first-order valence-electron chi connectivity index (χ1n) is 24.9. The summed E-state index contributed by atoms with van der Waals surface area (Å²) in [5.41, 5.74) is 21.1. The van der Waals surface area contributed by atoms with E-state index >= 15 is 0 Å². The Bertz CT molecular complexity index is 4370. The molecule has 4 heteroatoms. The molecule has 0 spiro atoms. The van der Waals surface area contributed by atoms with Crippen LogP contribution in [-0.4, -0.2) is 9.13 Å². The van der Waals surface area contributed by atoms with Crippen LogP contribution < -0.4 is 4.90 Å². The number of para-hydroxylation sites is 5. The summed E-state index contributed by atoms with van der Waals surface area (Å²) < 4.78 is 11.2. The van der Waals surface area contributed by atoms with Crippen molar-refractivity contribution < 1.29 is 4.42 Å². The molecule has 14 aromatic rings. The predicted molar refractivity (Wildman–Crippen MR) is 308 cm³/mol. The maximum atomic E-state index is 6.46. The number of aromatic nitrogens is 2. The minimum atomic E-state index is 0.899. The molecule has 0 atom stereocenters. The van der Waals surface area contributed by atoms with Gasteiger partial charge in [0, 0.05) is 66.3 Å². The highest BCUT2D eigenvalue weighted by atomic mass is 16.3. The third-order valence-electron chi connectivity index (χ3n) is 14.8. The van der Waals surface area contributed by atoms with Gasteiger partial charge in [0.25, 0.3) is 0 Å². The van der Waals surface area contributed by atoms with Gasteiger partial charge in [0.05, 0.1) is 22.1 Å². The second-order valence-electron chi connectivity index (χ2n) is 19.1. The van der Waals surface area contributed by atoms with E-state index in [9.17, 15) is 0 Å². The van der Waals surface area contributed by atoms with Crippen LogP contribution in [0.1, 0.15) is 12.5 Å². The first-order valence-corrected chi connectivity index (χ1v) is 24.9. The van der Waals surface area contributed by atoms with Gasteiger partial charge in [-0.2, -0.15) is 0 Å². The third kappa shape index (κ3) is 7.06. The maximum absolute atomic E-state index is 6.46. The van der Waals surface area contributed by atoms with Gasteiger partial charge < -0.3 is 18.5 Å². The SMILES string of the molecule is C=C(C)c1ccc(-n2c3ccccc3c3cc(-c4ccc(-c5ccc(N(c6ccc(-c7cccc8c7oc7ccccc78)cc6)c6ccc(-n7c8ccccc8c8ccccc87)cc6)cc5)cc4)ccc32)cc1. The maximum Gasteiger partial charge on any atom is 0.143 e. The number of furan rings is 1. The lowest BCUT2D eigenvalue weighted by Gasteiger charge is -2.26. The fourth-order valence-corrected chi connectivity index (χ4v) is 11.1. The minimum absolute atomic E-state index is 0.899. The van der Waals surface area contributed by atoms with Crippen LogP contribution in [0.3, 0.4) is 0 Å². The molecule has 344 valence electrons. The van der Waals surface area contributed by atoms with Crippen LogP contribution in [0.2, 0.25) is 0 Å². The highest BCUT2D eigenvalue weighted by Gasteiger charge is 2.19. The summed E-state index contributed by atoms with van der Waals surface area (Å²) in [6, 6.07) is 92.1. The van der Waals surface area contributed by atoms with Crippen molar-refractivity contribution in [1.82, 2.24) is 9.13 Å². The monoisotopic (exact) mass is 933 g/mol. The number of rotatable bonds is 9. The lowest BCUT2D eigenvalue weighted by atomic mass is 9.98. The van der Waals surface area contributed by atoms with Gasteiger partial charge in [0.2, 0.25) is 0 Å². The zero-order chi connectivity index (χ0) is 48.6. The lowest BCUT2D eigenvalue weighted by Crippen LogP contribution is -2.10. The molecule has 73 heavy (non-hydrogen) atoms. The molecule has 0 unspecified atom stereocenters. The molecule has 4 nitrogen and oxygen atoms in total. The number of fused-ring (bicyclic) bond motifs is 9. The summed E-state index contributed by atoms with van der Waals surface area (Å²) in [4.78, 5) is 2.35. The predicted octanol–water partition coefficient (Wildman–Crippen LogP) is 19.3. The fraction of sp³-hybridized carbons (Fsp3) is 0.0145. The normalized spacial score (nSPS) is 11.7. The van der Waals surface area contributed by atoms with E-state index < -0.39 is 0 Å². The Balaban J connectivity index is 0.804. The second-order valence-corrected chi connectivity index (χ2v) is 19.1. The quantitative estimate of drug-likeness (QED) is 0.144. The summed E-state index contributed by atoms with van der Waals surface area (Å²) in [5.74, 6) is 0. The van der Waals surface area contributed by atoms with E-state index in [1.807, 2.05) is 12.1 Å². The van der Waals surface area contributed by atoms with Crippen molar-refractivity contribution in [2.45, 2.75) is 6.92 Å². The average molecular weight is 934 g/mol. The van der Waals surface area contributed by atoms with Gasteiger partial charge >= 0.3 is 0 Å². The van der Waals surface area contributed by atoms with Crippen LogP contribution >= 0.6 is 0 Å². The number of allylic oxidation sites excluding steroid dienone is 1. The van der Waals surface area contributed by atoms with E-state index in [2.05, 4.69) is 270 Å². The van der Waals surface area contributed by atoms with Crippen molar-refractivity contribution in [3.05, 3.63) is 267 Å². The van der Waals surface area contributed by atoms with E-state index in [1.54, 1.807) is 0 Å². The number of hydrogen-bond acceptors (Lipinski definition) is 2. The summed E-state index contributed by atoms with van der Waals surface area (Å²) >= 11 is 0. The highest BCUT2D eigenvalue weighted by Crippen LogP contribution is 2.42. The van der Waals surface area contributed by atoms with Crippen molar-refractivity contribution in [3.8, 4) is 44.8 Å².